The molecule has 0 radical (unpaired) electrons. The number of rotatable bonds is 2. The summed E-state index contributed by atoms with van der Waals surface area (Å²) in [5, 5.41) is 10.7. The molecule has 2 saturated heterocycles. The van der Waals surface area contributed by atoms with E-state index in [4.69, 9.17) is 10.5 Å². The summed E-state index contributed by atoms with van der Waals surface area (Å²) in [6.07, 6.45) is 1.28. The van der Waals surface area contributed by atoms with Crippen LogP contribution in [0.15, 0.2) is 6.20 Å². The van der Waals surface area contributed by atoms with Gasteiger partial charge in [0.15, 0.2) is 0 Å². The number of likely N-dealkylation sites (N-methyl/N-ethyl adjacent to an activating group) is 1. The topological polar surface area (TPSA) is 111 Å². The number of ether oxygens (including phenoxy) is 1. The Morgan fingerprint density at radius 2 is 2.35 bits per heavy atom. The number of fused-ring (bicyclic) bond motifs is 1. The highest BCUT2D eigenvalue weighted by atomic mass is 16.6. The molecule has 2 aliphatic rings. The average Bonchev–Trinajstić information content (AvgIpc) is 2.83. The van der Waals surface area contributed by atoms with E-state index in [1.54, 1.807) is 0 Å². The van der Waals surface area contributed by atoms with Crippen LogP contribution in [-0.4, -0.2) is 65.2 Å². The van der Waals surface area contributed by atoms with E-state index in [0.29, 0.717) is 18.5 Å². The molecule has 2 fully saturated rings. The maximum Gasteiger partial charge on any atom is 0.329 e. The summed E-state index contributed by atoms with van der Waals surface area (Å²) in [5.41, 5.74) is 5.34. The third kappa shape index (κ3) is 2.14. The van der Waals surface area contributed by atoms with Crippen LogP contribution in [0.1, 0.15) is 0 Å². The van der Waals surface area contributed by atoms with Gasteiger partial charge < -0.3 is 15.4 Å². The van der Waals surface area contributed by atoms with Crippen LogP contribution in [0.5, 0.6) is 0 Å². The quantitative estimate of drug-likeness (QED) is 0.569. The first-order chi connectivity index (χ1) is 9.56. The lowest BCUT2D eigenvalue weighted by Gasteiger charge is -2.33. The van der Waals surface area contributed by atoms with Crippen LogP contribution < -0.4 is 10.6 Å². The molecule has 1 aromatic rings. The van der Waals surface area contributed by atoms with Gasteiger partial charge in [0.1, 0.15) is 6.20 Å². The van der Waals surface area contributed by atoms with Gasteiger partial charge in [0.05, 0.1) is 23.7 Å². The summed E-state index contributed by atoms with van der Waals surface area (Å²) in [5.74, 6) is 0.309. The SMILES string of the molecule is CN1CCOC2CN(c3ncc([N+](=O)[O-])c(N)n3)CC21. The summed E-state index contributed by atoms with van der Waals surface area (Å²) in [7, 11) is 2.06. The molecule has 108 valence electrons. The van der Waals surface area contributed by atoms with Gasteiger partial charge in [-0.2, -0.15) is 4.98 Å². The van der Waals surface area contributed by atoms with Crippen molar-refractivity contribution >= 4 is 17.5 Å². The number of nitrogens with two attached hydrogens (primary N) is 1. The van der Waals surface area contributed by atoms with Crippen molar-refractivity contribution in [3.05, 3.63) is 16.3 Å². The molecule has 3 heterocycles. The van der Waals surface area contributed by atoms with Crippen molar-refractivity contribution in [3.8, 4) is 0 Å². The van der Waals surface area contributed by atoms with Gasteiger partial charge in [-0.15, -0.1) is 0 Å². The standard InChI is InChI=1S/C11H16N6O3/c1-15-2-3-20-9-6-16(5-8(9)15)11-13-4-7(17(18)19)10(12)14-11/h4,8-9H,2-3,5-6H2,1H3,(H2,12,13,14). The first-order valence-electron chi connectivity index (χ1n) is 6.40. The molecule has 2 aliphatic heterocycles. The van der Waals surface area contributed by atoms with E-state index in [1.807, 2.05) is 4.90 Å². The Morgan fingerprint density at radius 3 is 3.00 bits per heavy atom. The molecular weight excluding hydrogens is 264 g/mol. The Morgan fingerprint density at radius 1 is 1.55 bits per heavy atom. The molecular formula is C11H16N6O3. The van der Waals surface area contributed by atoms with Gasteiger partial charge >= 0.3 is 5.69 Å². The number of aromatic nitrogens is 2. The molecule has 0 spiro atoms. The lowest BCUT2D eigenvalue weighted by atomic mass is 10.1. The number of nitro groups is 1. The van der Waals surface area contributed by atoms with E-state index in [0.717, 1.165) is 25.9 Å². The molecule has 0 aliphatic carbocycles. The van der Waals surface area contributed by atoms with Crippen molar-refractivity contribution < 1.29 is 9.66 Å². The number of nitrogens with zero attached hydrogens (tertiary/aromatic N) is 5. The lowest BCUT2D eigenvalue weighted by molar-refractivity contribution is -0.384. The average molecular weight is 280 g/mol. The van der Waals surface area contributed by atoms with Gasteiger partial charge in [-0.3, -0.25) is 15.0 Å². The fraction of sp³-hybridized carbons (Fsp3) is 0.636. The zero-order valence-corrected chi connectivity index (χ0v) is 11.1. The van der Waals surface area contributed by atoms with Crippen molar-refractivity contribution in [1.29, 1.82) is 0 Å². The molecule has 2 unspecified atom stereocenters. The molecule has 0 amide bonds. The summed E-state index contributed by atoms with van der Waals surface area (Å²) in [4.78, 5) is 22.4. The molecule has 2 atom stereocenters. The van der Waals surface area contributed by atoms with Gasteiger partial charge in [-0.05, 0) is 7.05 Å². The lowest BCUT2D eigenvalue weighted by Crippen LogP contribution is -2.48. The van der Waals surface area contributed by atoms with Crippen molar-refractivity contribution in [2.45, 2.75) is 12.1 Å². The Hall–Kier alpha value is -2.00. The monoisotopic (exact) mass is 280 g/mol. The van der Waals surface area contributed by atoms with Crippen LogP contribution >= 0.6 is 0 Å². The molecule has 9 nitrogen and oxygen atoms in total. The van der Waals surface area contributed by atoms with Crippen molar-refractivity contribution in [1.82, 2.24) is 14.9 Å². The minimum absolute atomic E-state index is 0.107. The minimum atomic E-state index is -0.584. The number of anilines is 2. The largest absolute Gasteiger partial charge is 0.378 e. The van der Waals surface area contributed by atoms with E-state index >= 15 is 0 Å². The summed E-state index contributed by atoms with van der Waals surface area (Å²) in [6.45, 7) is 3.03. The van der Waals surface area contributed by atoms with Crippen molar-refractivity contribution in [2.75, 3.05) is 43.9 Å². The van der Waals surface area contributed by atoms with Crippen LogP contribution in [0.4, 0.5) is 17.5 Å². The van der Waals surface area contributed by atoms with E-state index in [-0.39, 0.29) is 17.6 Å². The highest BCUT2D eigenvalue weighted by Crippen LogP contribution is 2.26. The van der Waals surface area contributed by atoms with E-state index in [1.165, 1.54) is 0 Å². The maximum absolute atomic E-state index is 10.7. The number of nitrogen functional groups attached to an aromatic ring is 1. The second kappa shape index (κ2) is 4.84. The van der Waals surface area contributed by atoms with E-state index in [9.17, 15) is 10.1 Å². The van der Waals surface area contributed by atoms with Gasteiger partial charge in [0.25, 0.3) is 0 Å². The van der Waals surface area contributed by atoms with Gasteiger partial charge in [-0.1, -0.05) is 0 Å². The fourth-order valence-electron chi connectivity index (χ4n) is 2.69. The van der Waals surface area contributed by atoms with Crippen molar-refractivity contribution in [2.24, 2.45) is 0 Å². The molecule has 0 aromatic carbocycles. The minimum Gasteiger partial charge on any atom is -0.378 e. The molecule has 2 N–H and O–H groups in total. The van der Waals surface area contributed by atoms with Crippen LogP contribution in [0, 0.1) is 10.1 Å². The summed E-state index contributed by atoms with van der Waals surface area (Å²) < 4.78 is 5.74. The predicted molar refractivity (Wildman–Crippen MR) is 71.5 cm³/mol. The first-order valence-corrected chi connectivity index (χ1v) is 6.40. The smallest absolute Gasteiger partial charge is 0.329 e. The van der Waals surface area contributed by atoms with Crippen LogP contribution in [-0.2, 0) is 4.74 Å². The molecule has 3 rings (SSSR count). The molecule has 0 saturated carbocycles. The third-order valence-corrected chi connectivity index (χ3v) is 3.84. The van der Waals surface area contributed by atoms with E-state index < -0.39 is 4.92 Å². The van der Waals surface area contributed by atoms with Gasteiger partial charge in [0, 0.05) is 19.6 Å². The highest BCUT2D eigenvalue weighted by molar-refractivity contribution is 5.54. The highest BCUT2D eigenvalue weighted by Gasteiger charge is 2.39. The molecule has 20 heavy (non-hydrogen) atoms. The number of hydrogen-bond acceptors (Lipinski definition) is 8. The maximum atomic E-state index is 10.7. The first kappa shape index (κ1) is 13.0. The Bertz CT molecular complexity index is 539. The van der Waals surface area contributed by atoms with Crippen LogP contribution in [0.3, 0.4) is 0 Å². The second-order valence-corrected chi connectivity index (χ2v) is 5.06. The van der Waals surface area contributed by atoms with Crippen LogP contribution in [0.25, 0.3) is 0 Å². The molecule has 1 aromatic heterocycles. The number of hydrogen-bond donors (Lipinski definition) is 1. The number of morpholine rings is 1. The second-order valence-electron chi connectivity index (χ2n) is 5.06. The van der Waals surface area contributed by atoms with Gasteiger partial charge in [-0.25, -0.2) is 4.98 Å². The normalized spacial score (nSPS) is 26.6. The molecule has 9 heteroatoms. The zero-order chi connectivity index (χ0) is 14.3. The predicted octanol–water partition coefficient (Wildman–Crippen LogP) is -0.514. The zero-order valence-electron chi connectivity index (χ0n) is 11.1. The summed E-state index contributed by atoms with van der Waals surface area (Å²) >= 11 is 0. The summed E-state index contributed by atoms with van der Waals surface area (Å²) in [6, 6.07) is 0.295. The Kier molecular flexibility index (Phi) is 3.14. The van der Waals surface area contributed by atoms with E-state index in [2.05, 4.69) is 21.9 Å². The van der Waals surface area contributed by atoms with Crippen molar-refractivity contribution in [3.63, 3.8) is 0 Å². The van der Waals surface area contributed by atoms with Crippen LogP contribution in [0.2, 0.25) is 0 Å². The third-order valence-electron chi connectivity index (χ3n) is 3.84. The van der Waals surface area contributed by atoms with Gasteiger partial charge in [0.2, 0.25) is 11.8 Å². The Balaban J connectivity index is 1.81. The Labute approximate surface area is 115 Å². The molecule has 0 bridgehead atoms. The fourth-order valence-corrected chi connectivity index (χ4v) is 2.69.